The van der Waals surface area contributed by atoms with E-state index in [1.807, 2.05) is 0 Å². The molecule has 1 saturated heterocycles. The third-order valence-electron chi connectivity index (χ3n) is 6.93. The van der Waals surface area contributed by atoms with Crippen molar-refractivity contribution >= 4 is 38.8 Å². The summed E-state index contributed by atoms with van der Waals surface area (Å²) in [5.41, 5.74) is 4.20. The fourth-order valence-electron chi connectivity index (χ4n) is 4.82. The van der Waals surface area contributed by atoms with Crippen molar-refractivity contribution in [2.45, 2.75) is 49.7 Å². The molecule has 38 heavy (non-hydrogen) atoms. The molecule has 4 aromatic rings. The van der Waals surface area contributed by atoms with E-state index in [1.165, 1.54) is 15.6 Å². The van der Waals surface area contributed by atoms with Gasteiger partial charge in [-0.3, -0.25) is 0 Å². The van der Waals surface area contributed by atoms with Crippen LogP contribution >= 0.6 is 0 Å². The van der Waals surface area contributed by atoms with Crippen LogP contribution < -0.4 is 20.7 Å². The number of ether oxygens (including phenoxy) is 1. The Bertz CT molecular complexity index is 1560. The van der Waals surface area contributed by atoms with Gasteiger partial charge in [0.1, 0.15) is 5.75 Å². The van der Waals surface area contributed by atoms with E-state index in [4.69, 9.17) is 4.74 Å². The fourth-order valence-corrected chi connectivity index (χ4v) is 6.02. The lowest BCUT2D eigenvalue weighted by Gasteiger charge is -2.25. The Hall–Kier alpha value is -3.70. The number of fused-ring (bicyclic) bond motifs is 1. The number of methoxy groups -OCH3 is 1. The Balaban J connectivity index is 1.51. The molecule has 10 nitrogen and oxygen atoms in total. The van der Waals surface area contributed by atoms with Gasteiger partial charge in [0.25, 0.3) is 0 Å². The van der Waals surface area contributed by atoms with E-state index in [1.54, 1.807) is 57.5 Å². The number of nitrogens with one attached hydrogen (secondary N) is 3. The van der Waals surface area contributed by atoms with Gasteiger partial charge >= 0.3 is 0 Å². The van der Waals surface area contributed by atoms with Crippen LogP contribution in [0.3, 0.4) is 0 Å². The molecule has 1 aliphatic heterocycles. The second-order valence-corrected chi connectivity index (χ2v) is 12.2. The molecule has 11 heteroatoms. The molecule has 0 spiro atoms. The van der Waals surface area contributed by atoms with Gasteiger partial charge in [0.2, 0.25) is 11.9 Å². The predicted octanol–water partition coefficient (Wildman–Crippen LogP) is 4.58. The van der Waals surface area contributed by atoms with Crippen LogP contribution in [0, 0.1) is 6.92 Å². The van der Waals surface area contributed by atoms with Crippen molar-refractivity contribution in [3.05, 3.63) is 59.8 Å². The normalized spacial score (nSPS) is 14.7. The van der Waals surface area contributed by atoms with Gasteiger partial charge in [0.05, 0.1) is 34.8 Å². The Labute approximate surface area is 222 Å². The molecule has 0 unspecified atom stereocenters. The molecule has 0 radical (unpaired) electrons. The predicted molar refractivity (Wildman–Crippen MR) is 149 cm³/mol. The molecule has 0 atom stereocenters. The Morgan fingerprint density at radius 2 is 1.82 bits per heavy atom. The third kappa shape index (κ3) is 5.03. The minimum atomic E-state index is -3.53. The summed E-state index contributed by atoms with van der Waals surface area (Å²) >= 11 is 0. The molecule has 2 aromatic heterocycles. The highest BCUT2D eigenvalue weighted by Gasteiger charge is 2.24. The summed E-state index contributed by atoms with van der Waals surface area (Å²) in [6, 6.07) is 12.7. The SMILES string of the molecule is COc1cc(C2CCNCC2)c(C)cc1Nc1nc(Nc2ccccc2S(=O)(=O)C(C)C)n2nccc2n1. The number of para-hydroxylation sites is 1. The second kappa shape index (κ2) is 10.6. The highest BCUT2D eigenvalue weighted by molar-refractivity contribution is 7.92. The molecule has 2 aromatic carbocycles. The first-order chi connectivity index (χ1) is 18.3. The molecule has 0 amide bonds. The summed E-state index contributed by atoms with van der Waals surface area (Å²) in [7, 11) is -1.87. The van der Waals surface area contributed by atoms with Crippen LogP contribution in [0.5, 0.6) is 5.75 Å². The van der Waals surface area contributed by atoms with Crippen LogP contribution in [-0.2, 0) is 9.84 Å². The maximum Gasteiger partial charge on any atom is 0.233 e. The Morgan fingerprint density at radius 3 is 2.55 bits per heavy atom. The van der Waals surface area contributed by atoms with Gasteiger partial charge in [0.15, 0.2) is 15.5 Å². The molecule has 200 valence electrons. The first-order valence-corrected chi connectivity index (χ1v) is 14.3. The average Bonchev–Trinajstić information content (AvgIpc) is 3.38. The maximum absolute atomic E-state index is 13.0. The highest BCUT2D eigenvalue weighted by atomic mass is 32.2. The van der Waals surface area contributed by atoms with Crippen molar-refractivity contribution in [1.29, 1.82) is 0 Å². The number of hydrogen-bond acceptors (Lipinski definition) is 9. The van der Waals surface area contributed by atoms with Gasteiger partial charge in [-0.2, -0.15) is 19.6 Å². The van der Waals surface area contributed by atoms with E-state index in [-0.39, 0.29) is 4.90 Å². The van der Waals surface area contributed by atoms with Crippen LogP contribution in [0.4, 0.5) is 23.3 Å². The zero-order valence-electron chi connectivity index (χ0n) is 22.0. The van der Waals surface area contributed by atoms with Gasteiger partial charge in [-0.25, -0.2) is 8.42 Å². The largest absolute Gasteiger partial charge is 0.495 e. The van der Waals surface area contributed by atoms with E-state index in [2.05, 4.69) is 50.1 Å². The molecule has 0 saturated carbocycles. The van der Waals surface area contributed by atoms with E-state index in [0.29, 0.717) is 34.9 Å². The molecular weight excluding hydrogens is 502 g/mol. The fraction of sp³-hybridized carbons (Fsp3) is 0.370. The first kappa shape index (κ1) is 25.9. The van der Waals surface area contributed by atoms with Crippen molar-refractivity contribution in [3.8, 4) is 5.75 Å². The second-order valence-electron chi connectivity index (χ2n) is 9.75. The molecule has 3 heterocycles. The van der Waals surface area contributed by atoms with Crippen LogP contribution in [0.2, 0.25) is 0 Å². The topological polar surface area (TPSA) is 123 Å². The minimum absolute atomic E-state index is 0.203. The van der Waals surface area contributed by atoms with Crippen LogP contribution in [0.25, 0.3) is 5.65 Å². The molecule has 0 aliphatic carbocycles. The van der Waals surface area contributed by atoms with Crippen molar-refractivity contribution in [2.75, 3.05) is 30.8 Å². The zero-order chi connectivity index (χ0) is 26.9. The number of aromatic nitrogens is 4. The van der Waals surface area contributed by atoms with Gasteiger partial charge in [-0.05, 0) is 88.0 Å². The molecular formula is C27H33N7O3S. The van der Waals surface area contributed by atoms with E-state index < -0.39 is 15.1 Å². The standard InChI is InChI=1S/C27H33N7O3S/c1-17(2)38(35,36)24-8-6-5-7-21(24)31-27-33-26(32-25-11-14-29-34(25)27)30-22-15-18(3)20(16-23(22)37-4)19-9-12-28-13-10-19/h5-8,11,14-17,19,28H,9-10,12-13H2,1-4H3,(H2,30,31,32,33). The number of rotatable bonds is 8. The van der Waals surface area contributed by atoms with Crippen molar-refractivity contribution in [2.24, 2.45) is 0 Å². The van der Waals surface area contributed by atoms with E-state index >= 15 is 0 Å². The van der Waals surface area contributed by atoms with Gasteiger partial charge in [0, 0.05) is 6.07 Å². The lowest BCUT2D eigenvalue weighted by Crippen LogP contribution is -2.27. The quantitative estimate of drug-likeness (QED) is 0.298. The number of sulfone groups is 1. The highest BCUT2D eigenvalue weighted by Crippen LogP contribution is 2.36. The number of piperidine rings is 1. The number of nitrogens with zero attached hydrogens (tertiary/aromatic N) is 4. The van der Waals surface area contributed by atoms with Crippen molar-refractivity contribution in [3.63, 3.8) is 0 Å². The zero-order valence-corrected chi connectivity index (χ0v) is 22.8. The van der Waals surface area contributed by atoms with E-state index in [0.717, 1.165) is 31.6 Å². The maximum atomic E-state index is 13.0. The van der Waals surface area contributed by atoms with E-state index in [9.17, 15) is 8.42 Å². The number of hydrogen-bond donors (Lipinski definition) is 3. The number of anilines is 4. The average molecular weight is 536 g/mol. The molecule has 0 bridgehead atoms. The summed E-state index contributed by atoms with van der Waals surface area (Å²) < 4.78 is 33.2. The monoisotopic (exact) mass is 535 g/mol. The summed E-state index contributed by atoms with van der Waals surface area (Å²) in [5, 5.41) is 13.7. The molecule has 5 rings (SSSR count). The minimum Gasteiger partial charge on any atom is -0.495 e. The van der Waals surface area contributed by atoms with Gasteiger partial charge in [-0.1, -0.05) is 12.1 Å². The molecule has 1 fully saturated rings. The smallest absolute Gasteiger partial charge is 0.233 e. The van der Waals surface area contributed by atoms with Gasteiger partial charge < -0.3 is 20.7 Å². The van der Waals surface area contributed by atoms with Crippen molar-refractivity contribution in [1.82, 2.24) is 24.9 Å². The lowest BCUT2D eigenvalue weighted by atomic mass is 9.87. The number of benzene rings is 2. The number of aryl methyl sites for hydroxylation is 1. The molecule has 3 N–H and O–H groups in total. The summed E-state index contributed by atoms with van der Waals surface area (Å²) in [5.74, 6) is 1.87. The third-order valence-corrected chi connectivity index (χ3v) is 9.14. The van der Waals surface area contributed by atoms with Crippen LogP contribution in [0.1, 0.15) is 43.7 Å². The van der Waals surface area contributed by atoms with Gasteiger partial charge in [-0.15, -0.1) is 0 Å². The summed E-state index contributed by atoms with van der Waals surface area (Å²) in [6.07, 6.45) is 3.82. The first-order valence-electron chi connectivity index (χ1n) is 12.8. The molecule has 1 aliphatic rings. The summed E-state index contributed by atoms with van der Waals surface area (Å²) in [4.78, 5) is 9.47. The van der Waals surface area contributed by atoms with Crippen molar-refractivity contribution < 1.29 is 13.2 Å². The van der Waals surface area contributed by atoms with Crippen LogP contribution in [-0.4, -0.2) is 53.4 Å². The van der Waals surface area contributed by atoms with Crippen LogP contribution in [0.15, 0.2) is 53.6 Å². The lowest BCUT2D eigenvalue weighted by molar-refractivity contribution is 0.413. The Kier molecular flexibility index (Phi) is 7.22. The summed E-state index contributed by atoms with van der Waals surface area (Å²) in [6.45, 7) is 7.47. The Morgan fingerprint density at radius 1 is 1.05 bits per heavy atom.